The van der Waals surface area contributed by atoms with Gasteiger partial charge >= 0.3 is 0 Å². The lowest BCUT2D eigenvalue weighted by molar-refractivity contribution is -0.140. The summed E-state index contributed by atoms with van der Waals surface area (Å²) in [5, 5.41) is 12.1. The number of amides is 3. The zero-order chi connectivity index (χ0) is 20.1. The molecule has 0 bridgehead atoms. The van der Waals surface area contributed by atoms with E-state index in [4.69, 9.17) is 28.4 Å². The van der Waals surface area contributed by atoms with E-state index in [9.17, 15) is 14.4 Å². The fourth-order valence-electron chi connectivity index (χ4n) is 2.52. The predicted octanol–water partition coefficient (Wildman–Crippen LogP) is 2.35. The molecular formula is C18H17Cl2N3O4. The minimum atomic E-state index is -1.51. The molecule has 3 amide bonds. The summed E-state index contributed by atoms with van der Waals surface area (Å²) >= 11 is 12.0. The molecule has 2 aromatic rings. The zero-order valence-corrected chi connectivity index (χ0v) is 16.0. The zero-order valence-electron chi connectivity index (χ0n) is 14.5. The van der Waals surface area contributed by atoms with E-state index in [1.807, 2.05) is 0 Å². The Labute approximate surface area is 165 Å². The lowest BCUT2D eigenvalue weighted by Crippen LogP contribution is -2.54. The fraction of sp³-hybridized carbons (Fsp3) is 0.167. The third kappa shape index (κ3) is 4.77. The molecular weight excluding hydrogens is 393 g/mol. The summed E-state index contributed by atoms with van der Waals surface area (Å²) in [6, 6.07) is 10.1. The van der Waals surface area contributed by atoms with Crippen LogP contribution in [0.5, 0.6) is 0 Å². The van der Waals surface area contributed by atoms with Gasteiger partial charge in [0.2, 0.25) is 0 Å². The van der Waals surface area contributed by atoms with Crippen LogP contribution in [0.3, 0.4) is 0 Å². The van der Waals surface area contributed by atoms with Gasteiger partial charge in [-0.25, -0.2) is 5.48 Å². The van der Waals surface area contributed by atoms with E-state index < -0.39 is 23.8 Å². The Hall–Kier alpha value is -2.61. The van der Waals surface area contributed by atoms with Crippen LogP contribution in [0.4, 0.5) is 0 Å². The highest BCUT2D eigenvalue weighted by molar-refractivity contribution is 6.35. The Bertz CT molecular complexity index is 835. The minimum absolute atomic E-state index is 0.258. The number of benzene rings is 2. The summed E-state index contributed by atoms with van der Waals surface area (Å²) in [4.78, 5) is 37.2. The van der Waals surface area contributed by atoms with Gasteiger partial charge in [-0.2, -0.15) is 0 Å². The van der Waals surface area contributed by atoms with Crippen LogP contribution >= 0.6 is 23.2 Å². The number of hydrogen-bond acceptors (Lipinski definition) is 4. The van der Waals surface area contributed by atoms with Crippen molar-refractivity contribution in [2.24, 2.45) is 0 Å². The summed E-state index contributed by atoms with van der Waals surface area (Å²) in [6.07, 6.45) is 0. The van der Waals surface area contributed by atoms with E-state index in [-0.39, 0.29) is 5.56 Å². The molecule has 0 spiro atoms. The topological polar surface area (TPSA) is 98.7 Å². The van der Waals surface area contributed by atoms with Crippen molar-refractivity contribution >= 4 is 40.9 Å². The molecule has 0 aromatic heterocycles. The maximum absolute atomic E-state index is 12.6. The number of nitrogens with one attached hydrogen (secondary N) is 2. The van der Waals surface area contributed by atoms with Crippen LogP contribution in [0, 0.1) is 0 Å². The molecule has 0 heterocycles. The van der Waals surface area contributed by atoms with Gasteiger partial charge in [0, 0.05) is 29.7 Å². The lowest BCUT2D eigenvalue weighted by Gasteiger charge is -2.25. The van der Waals surface area contributed by atoms with Crippen molar-refractivity contribution in [2.45, 2.75) is 6.04 Å². The molecule has 3 N–H and O–H groups in total. The van der Waals surface area contributed by atoms with Crippen LogP contribution < -0.4 is 10.8 Å². The van der Waals surface area contributed by atoms with Crippen LogP contribution in [0.25, 0.3) is 11.1 Å². The smallest absolute Gasteiger partial charge is 0.275 e. The number of hydrogen-bond donors (Lipinski definition) is 3. The van der Waals surface area contributed by atoms with Gasteiger partial charge in [0.25, 0.3) is 17.7 Å². The van der Waals surface area contributed by atoms with E-state index in [1.54, 1.807) is 42.5 Å². The summed E-state index contributed by atoms with van der Waals surface area (Å²) in [7, 11) is 2.62. The first-order chi connectivity index (χ1) is 12.8. The van der Waals surface area contributed by atoms with Gasteiger partial charge < -0.3 is 10.2 Å². The molecule has 2 rings (SSSR count). The lowest BCUT2D eigenvalue weighted by atomic mass is 10.0. The van der Waals surface area contributed by atoms with Crippen molar-refractivity contribution in [2.75, 3.05) is 14.1 Å². The Balaban J connectivity index is 2.28. The Morgan fingerprint density at radius 3 is 2.00 bits per heavy atom. The first kappa shape index (κ1) is 20.7. The van der Waals surface area contributed by atoms with Crippen LogP contribution in [-0.2, 0) is 9.59 Å². The van der Waals surface area contributed by atoms with Gasteiger partial charge in [0.05, 0.1) is 0 Å². The second-order valence-corrected chi connectivity index (χ2v) is 6.52. The average Bonchev–Trinajstić information content (AvgIpc) is 2.66. The summed E-state index contributed by atoms with van der Waals surface area (Å²) in [5.74, 6) is -2.32. The van der Waals surface area contributed by atoms with E-state index in [0.29, 0.717) is 10.0 Å². The molecule has 0 aliphatic rings. The number of carbonyl (C=O) groups excluding carboxylic acids is 3. The number of hydroxylamine groups is 1. The van der Waals surface area contributed by atoms with Crippen LogP contribution in [0.15, 0.2) is 42.5 Å². The van der Waals surface area contributed by atoms with Crippen molar-refractivity contribution in [1.29, 1.82) is 0 Å². The van der Waals surface area contributed by atoms with E-state index in [1.165, 1.54) is 19.6 Å². The first-order valence-electron chi connectivity index (χ1n) is 7.77. The van der Waals surface area contributed by atoms with Crippen LogP contribution in [-0.4, -0.2) is 48.0 Å². The van der Waals surface area contributed by atoms with Gasteiger partial charge in [0.1, 0.15) is 0 Å². The van der Waals surface area contributed by atoms with Gasteiger partial charge in [0.15, 0.2) is 6.04 Å². The van der Waals surface area contributed by atoms with Gasteiger partial charge in [-0.1, -0.05) is 35.3 Å². The van der Waals surface area contributed by atoms with Crippen molar-refractivity contribution in [3.63, 3.8) is 0 Å². The van der Waals surface area contributed by atoms with Crippen molar-refractivity contribution < 1.29 is 19.6 Å². The number of likely N-dealkylation sites (N-methyl/N-ethyl adjacent to an activating group) is 2. The minimum Gasteiger partial charge on any atom is -0.357 e. The molecule has 1 unspecified atom stereocenters. The number of rotatable bonds is 5. The molecule has 0 radical (unpaired) electrons. The average molecular weight is 410 g/mol. The second kappa shape index (κ2) is 8.85. The summed E-state index contributed by atoms with van der Waals surface area (Å²) in [5.41, 5.74) is 3.22. The molecule has 7 nitrogen and oxygen atoms in total. The summed E-state index contributed by atoms with van der Waals surface area (Å²) < 4.78 is 0. The number of halogens is 2. The highest BCUT2D eigenvalue weighted by atomic mass is 35.5. The molecule has 0 saturated heterocycles. The normalized spacial score (nSPS) is 11.4. The maximum atomic E-state index is 12.6. The molecule has 0 aliphatic heterocycles. The van der Waals surface area contributed by atoms with Gasteiger partial charge in [-0.3, -0.25) is 19.6 Å². The van der Waals surface area contributed by atoms with Crippen molar-refractivity contribution in [3.8, 4) is 11.1 Å². The standard InChI is InChI=1S/C18H17Cl2N3O4/c1-21-16(24)15(17(25)22-27)23(2)18(26)11-5-3-10(4-6-11)12-7-13(19)9-14(20)8-12/h3-9,15,27H,1-2H3,(H,21,24)(H,22,25). The van der Waals surface area contributed by atoms with Crippen molar-refractivity contribution in [1.82, 2.24) is 15.7 Å². The van der Waals surface area contributed by atoms with E-state index >= 15 is 0 Å². The summed E-state index contributed by atoms with van der Waals surface area (Å²) in [6.45, 7) is 0. The number of carbonyl (C=O) groups is 3. The Morgan fingerprint density at radius 1 is 0.963 bits per heavy atom. The van der Waals surface area contributed by atoms with Gasteiger partial charge in [-0.05, 0) is 41.5 Å². The van der Waals surface area contributed by atoms with Crippen molar-refractivity contribution in [3.05, 3.63) is 58.1 Å². The number of nitrogens with zero attached hydrogens (tertiary/aromatic N) is 1. The first-order valence-corrected chi connectivity index (χ1v) is 8.53. The third-order valence-electron chi connectivity index (χ3n) is 3.89. The molecule has 2 aromatic carbocycles. The van der Waals surface area contributed by atoms with Crippen LogP contribution in [0.1, 0.15) is 10.4 Å². The largest absolute Gasteiger partial charge is 0.357 e. The third-order valence-corrected chi connectivity index (χ3v) is 4.33. The molecule has 0 fully saturated rings. The highest BCUT2D eigenvalue weighted by Gasteiger charge is 2.33. The van der Waals surface area contributed by atoms with E-state index in [2.05, 4.69) is 5.32 Å². The fourth-order valence-corrected chi connectivity index (χ4v) is 3.04. The monoisotopic (exact) mass is 409 g/mol. The molecule has 0 aliphatic carbocycles. The Kier molecular flexibility index (Phi) is 6.79. The Morgan fingerprint density at radius 2 is 1.52 bits per heavy atom. The molecule has 9 heteroatoms. The van der Waals surface area contributed by atoms with Gasteiger partial charge in [-0.15, -0.1) is 0 Å². The molecule has 142 valence electrons. The van der Waals surface area contributed by atoms with Crippen LogP contribution in [0.2, 0.25) is 10.0 Å². The maximum Gasteiger partial charge on any atom is 0.275 e. The quantitative estimate of drug-likeness (QED) is 0.400. The SMILES string of the molecule is CNC(=O)C(C(=O)NO)N(C)C(=O)c1ccc(-c2cc(Cl)cc(Cl)c2)cc1. The predicted molar refractivity (Wildman–Crippen MR) is 102 cm³/mol. The second-order valence-electron chi connectivity index (χ2n) is 5.64. The molecule has 27 heavy (non-hydrogen) atoms. The van der Waals surface area contributed by atoms with E-state index in [0.717, 1.165) is 16.0 Å². The molecule has 0 saturated carbocycles. The highest BCUT2D eigenvalue weighted by Crippen LogP contribution is 2.27. The molecule has 1 atom stereocenters.